The maximum Gasteiger partial charge on any atom is 0.343 e. The molecule has 0 aromatic heterocycles. The second kappa shape index (κ2) is 6.78. The Bertz CT molecular complexity index is 345. The van der Waals surface area contributed by atoms with Crippen molar-refractivity contribution < 1.29 is 19.0 Å². The predicted octanol–water partition coefficient (Wildman–Crippen LogP) is 2.42. The Morgan fingerprint density at radius 2 is 1.82 bits per heavy atom. The van der Waals surface area contributed by atoms with Gasteiger partial charge in [-0.1, -0.05) is 6.92 Å². The highest BCUT2D eigenvalue weighted by atomic mass is 16.6. The zero-order valence-corrected chi connectivity index (χ0v) is 10.4. The van der Waals surface area contributed by atoms with Crippen LogP contribution in [0.25, 0.3) is 0 Å². The van der Waals surface area contributed by atoms with Crippen molar-refractivity contribution in [2.24, 2.45) is 0 Å². The van der Waals surface area contributed by atoms with Crippen LogP contribution in [0.3, 0.4) is 0 Å². The van der Waals surface area contributed by atoms with Gasteiger partial charge in [0, 0.05) is 0 Å². The lowest BCUT2D eigenvalue weighted by Crippen LogP contribution is -2.12. The molecule has 0 unspecified atom stereocenters. The van der Waals surface area contributed by atoms with E-state index in [4.69, 9.17) is 9.47 Å². The van der Waals surface area contributed by atoms with Crippen LogP contribution in [-0.2, 0) is 9.53 Å². The number of methoxy groups -OCH3 is 1. The fourth-order valence-electron chi connectivity index (χ4n) is 1.13. The van der Waals surface area contributed by atoms with Crippen LogP contribution in [0.5, 0.6) is 11.5 Å². The molecule has 1 rings (SSSR count). The Balaban J connectivity index is 2.47. The number of hydrogen-bond donors (Lipinski definition) is 0. The SMILES string of the molecule is CC[C@@H](C)Oc1ccc(OCC(=O)OC)cc1. The lowest BCUT2D eigenvalue weighted by molar-refractivity contribution is -0.142. The maximum absolute atomic E-state index is 10.9. The van der Waals surface area contributed by atoms with E-state index in [2.05, 4.69) is 11.7 Å². The van der Waals surface area contributed by atoms with Gasteiger partial charge in [0.1, 0.15) is 11.5 Å². The zero-order valence-electron chi connectivity index (χ0n) is 10.4. The molecule has 0 spiro atoms. The molecule has 1 aromatic rings. The Kier molecular flexibility index (Phi) is 5.33. The Labute approximate surface area is 101 Å². The number of rotatable bonds is 6. The Morgan fingerprint density at radius 3 is 2.35 bits per heavy atom. The van der Waals surface area contributed by atoms with E-state index in [1.54, 1.807) is 12.1 Å². The highest BCUT2D eigenvalue weighted by Crippen LogP contribution is 2.19. The van der Waals surface area contributed by atoms with Gasteiger partial charge in [-0.15, -0.1) is 0 Å². The molecule has 0 heterocycles. The Morgan fingerprint density at radius 1 is 1.24 bits per heavy atom. The second-order valence-electron chi connectivity index (χ2n) is 3.67. The van der Waals surface area contributed by atoms with Crippen molar-refractivity contribution in [3.63, 3.8) is 0 Å². The van der Waals surface area contributed by atoms with Crippen LogP contribution in [-0.4, -0.2) is 25.8 Å². The first-order chi connectivity index (χ1) is 8.15. The summed E-state index contributed by atoms with van der Waals surface area (Å²) in [5, 5.41) is 0. The molecule has 1 aromatic carbocycles. The van der Waals surface area contributed by atoms with Gasteiger partial charge in [-0.05, 0) is 37.6 Å². The Hall–Kier alpha value is -1.71. The molecule has 0 saturated carbocycles. The molecule has 4 heteroatoms. The number of carbonyl (C=O) groups excluding carboxylic acids is 1. The van der Waals surface area contributed by atoms with E-state index in [9.17, 15) is 4.79 Å². The van der Waals surface area contributed by atoms with Crippen LogP contribution in [0, 0.1) is 0 Å². The third-order valence-corrected chi connectivity index (χ3v) is 2.32. The minimum Gasteiger partial charge on any atom is -0.491 e. The summed E-state index contributed by atoms with van der Waals surface area (Å²) in [5.74, 6) is 1.02. The van der Waals surface area contributed by atoms with Crippen LogP contribution >= 0.6 is 0 Å². The molecule has 1 atom stereocenters. The van der Waals surface area contributed by atoms with E-state index < -0.39 is 5.97 Å². The van der Waals surface area contributed by atoms with Gasteiger partial charge in [-0.2, -0.15) is 0 Å². The summed E-state index contributed by atoms with van der Waals surface area (Å²) in [7, 11) is 1.33. The number of benzene rings is 1. The van der Waals surface area contributed by atoms with Crippen LogP contribution < -0.4 is 9.47 Å². The smallest absolute Gasteiger partial charge is 0.343 e. The molecule has 0 bridgehead atoms. The maximum atomic E-state index is 10.9. The first-order valence-corrected chi connectivity index (χ1v) is 5.62. The molecule has 0 radical (unpaired) electrons. The molecule has 4 nitrogen and oxygen atoms in total. The van der Waals surface area contributed by atoms with Crippen molar-refractivity contribution >= 4 is 5.97 Å². The summed E-state index contributed by atoms with van der Waals surface area (Å²) < 4.78 is 15.3. The van der Waals surface area contributed by atoms with Crippen LogP contribution in [0.4, 0.5) is 0 Å². The third kappa shape index (κ3) is 4.76. The molecular formula is C13H18O4. The number of ether oxygens (including phenoxy) is 3. The standard InChI is InChI=1S/C13H18O4/c1-4-10(2)17-12-7-5-11(6-8-12)16-9-13(14)15-3/h5-8,10H,4,9H2,1-3H3/t10-/m1/s1. The molecule has 94 valence electrons. The quantitative estimate of drug-likeness (QED) is 0.714. The summed E-state index contributed by atoms with van der Waals surface area (Å²) >= 11 is 0. The molecule has 0 N–H and O–H groups in total. The van der Waals surface area contributed by atoms with Crippen molar-refractivity contribution in [3.05, 3.63) is 24.3 Å². The molecule has 0 amide bonds. The monoisotopic (exact) mass is 238 g/mol. The topological polar surface area (TPSA) is 44.8 Å². The van der Waals surface area contributed by atoms with E-state index in [0.717, 1.165) is 12.2 Å². The van der Waals surface area contributed by atoms with E-state index in [0.29, 0.717) is 5.75 Å². The molecule has 0 aliphatic heterocycles. The van der Waals surface area contributed by atoms with Crippen molar-refractivity contribution in [3.8, 4) is 11.5 Å². The summed E-state index contributed by atoms with van der Waals surface area (Å²) in [5.41, 5.74) is 0. The number of esters is 1. The van der Waals surface area contributed by atoms with Crippen molar-refractivity contribution in [1.82, 2.24) is 0 Å². The van der Waals surface area contributed by atoms with Crippen LogP contribution in [0.2, 0.25) is 0 Å². The summed E-state index contributed by atoms with van der Waals surface area (Å²) in [6.07, 6.45) is 1.15. The fraction of sp³-hybridized carbons (Fsp3) is 0.462. The molecule has 17 heavy (non-hydrogen) atoms. The first kappa shape index (κ1) is 13.4. The zero-order chi connectivity index (χ0) is 12.7. The minimum absolute atomic E-state index is 0.0813. The van der Waals surface area contributed by atoms with E-state index in [1.807, 2.05) is 19.1 Å². The molecule has 0 aliphatic carbocycles. The predicted molar refractivity (Wildman–Crippen MR) is 64.3 cm³/mol. The number of carbonyl (C=O) groups is 1. The summed E-state index contributed by atoms with van der Waals surface area (Å²) in [6.45, 7) is 4.00. The third-order valence-electron chi connectivity index (χ3n) is 2.32. The highest BCUT2D eigenvalue weighted by molar-refractivity contribution is 5.70. The highest BCUT2D eigenvalue weighted by Gasteiger charge is 2.03. The van der Waals surface area contributed by atoms with E-state index in [-0.39, 0.29) is 12.7 Å². The lowest BCUT2D eigenvalue weighted by Gasteiger charge is -2.12. The molecule has 0 aliphatic rings. The summed E-state index contributed by atoms with van der Waals surface area (Å²) in [6, 6.07) is 7.17. The van der Waals surface area contributed by atoms with Crippen molar-refractivity contribution in [1.29, 1.82) is 0 Å². The molecular weight excluding hydrogens is 220 g/mol. The van der Waals surface area contributed by atoms with Crippen LogP contribution in [0.1, 0.15) is 20.3 Å². The van der Waals surface area contributed by atoms with Gasteiger partial charge in [0.05, 0.1) is 13.2 Å². The van der Waals surface area contributed by atoms with Crippen LogP contribution in [0.15, 0.2) is 24.3 Å². The van der Waals surface area contributed by atoms with Gasteiger partial charge in [-0.3, -0.25) is 0 Å². The van der Waals surface area contributed by atoms with E-state index >= 15 is 0 Å². The second-order valence-corrected chi connectivity index (χ2v) is 3.67. The minimum atomic E-state index is -0.398. The largest absolute Gasteiger partial charge is 0.491 e. The summed E-state index contributed by atoms with van der Waals surface area (Å²) in [4.78, 5) is 10.9. The van der Waals surface area contributed by atoms with Gasteiger partial charge in [0.15, 0.2) is 6.61 Å². The van der Waals surface area contributed by atoms with Gasteiger partial charge in [0.25, 0.3) is 0 Å². The molecule has 0 saturated heterocycles. The van der Waals surface area contributed by atoms with Gasteiger partial charge in [-0.25, -0.2) is 4.79 Å². The van der Waals surface area contributed by atoms with Crippen molar-refractivity contribution in [2.45, 2.75) is 26.4 Å². The van der Waals surface area contributed by atoms with Crippen molar-refractivity contribution in [2.75, 3.05) is 13.7 Å². The normalized spacial score (nSPS) is 11.7. The van der Waals surface area contributed by atoms with E-state index in [1.165, 1.54) is 7.11 Å². The van der Waals surface area contributed by atoms with Gasteiger partial charge in [0.2, 0.25) is 0 Å². The lowest BCUT2D eigenvalue weighted by atomic mass is 10.3. The van der Waals surface area contributed by atoms with Gasteiger partial charge < -0.3 is 14.2 Å². The fourth-order valence-corrected chi connectivity index (χ4v) is 1.13. The average Bonchev–Trinajstić information content (AvgIpc) is 2.37. The first-order valence-electron chi connectivity index (χ1n) is 5.62. The average molecular weight is 238 g/mol. The number of hydrogen-bond acceptors (Lipinski definition) is 4. The molecule has 0 fully saturated rings. The van der Waals surface area contributed by atoms with Gasteiger partial charge >= 0.3 is 5.97 Å².